The molecule has 14 heteroatoms. The molecule has 2 aliphatic heterocycles. The van der Waals surface area contributed by atoms with Crippen molar-refractivity contribution in [2.45, 2.75) is 28.1 Å². The highest BCUT2D eigenvalue weighted by Crippen LogP contribution is 2.47. The van der Waals surface area contributed by atoms with Gasteiger partial charge in [0.2, 0.25) is 10.9 Å². The number of methoxy groups -OCH3 is 1. The van der Waals surface area contributed by atoms with Crippen LogP contribution in [0.5, 0.6) is 0 Å². The minimum atomic E-state index is -1.46. The fourth-order valence-corrected chi connectivity index (χ4v) is 6.95. The molecule has 0 saturated carbocycles. The van der Waals surface area contributed by atoms with E-state index in [2.05, 4.69) is 20.8 Å². The molecule has 4 rings (SSSR count). The molecule has 2 N–H and O–H groups in total. The fraction of sp³-hybridized carbons (Fsp3) is 0.350. The smallest absolute Gasteiger partial charge is 0.352 e. The van der Waals surface area contributed by atoms with Crippen molar-refractivity contribution < 1.29 is 24.0 Å². The molecule has 1 amide bonds. The first kappa shape index (κ1) is 24.6. The molecule has 1 fully saturated rings. The van der Waals surface area contributed by atoms with Gasteiger partial charge in [0, 0.05) is 43.8 Å². The lowest BCUT2D eigenvalue weighted by atomic mass is 9.98. The number of rotatable bonds is 9. The third kappa shape index (κ3) is 4.31. The molecular formula is C20H22N6O5S3. The van der Waals surface area contributed by atoms with Crippen LogP contribution in [0.25, 0.3) is 0 Å². The standard InChI is InChI=1S/C20H22N6O5S3/c1-12(34(30)14-7-5-4-6-8-14)9-21-20(31-3)17(29)26-15(16(27)28)13(10-32-18(20)26)11-33-19-22-23-24-25(19)2/h4-9,18,21H,10-11H2,1-3H3,(H,27,28)/t18-,20-,34?/m0/s1. The Kier molecular flexibility index (Phi) is 7.23. The van der Waals surface area contributed by atoms with Crippen molar-refractivity contribution in [3.63, 3.8) is 0 Å². The number of β-lactam (4-membered cyclic amide) rings is 1. The third-order valence-electron chi connectivity index (χ3n) is 5.33. The van der Waals surface area contributed by atoms with E-state index in [0.717, 1.165) is 0 Å². The van der Waals surface area contributed by atoms with E-state index in [4.69, 9.17) is 4.74 Å². The number of carbonyl (C=O) groups excluding carboxylic acids is 1. The highest BCUT2D eigenvalue weighted by atomic mass is 32.2. The number of carbonyl (C=O) groups is 2. The first-order chi connectivity index (χ1) is 16.3. The molecule has 3 atom stereocenters. The molecule has 2 aliphatic rings. The molecule has 1 aromatic heterocycles. The van der Waals surface area contributed by atoms with Gasteiger partial charge in [-0.2, -0.15) is 0 Å². The summed E-state index contributed by atoms with van der Waals surface area (Å²) in [5, 5.41) is 24.0. The number of aliphatic carboxylic acids is 1. The molecular weight excluding hydrogens is 500 g/mol. The van der Waals surface area contributed by atoms with Crippen molar-refractivity contribution in [2.24, 2.45) is 7.05 Å². The Morgan fingerprint density at radius 1 is 1.47 bits per heavy atom. The molecule has 0 radical (unpaired) electrons. The van der Waals surface area contributed by atoms with E-state index in [1.54, 1.807) is 38.2 Å². The van der Waals surface area contributed by atoms with Crippen molar-refractivity contribution in [1.82, 2.24) is 30.4 Å². The molecule has 1 aromatic carbocycles. The summed E-state index contributed by atoms with van der Waals surface area (Å²) in [4.78, 5) is 27.7. The second-order valence-corrected chi connectivity index (χ2v) is 11.1. The zero-order valence-electron chi connectivity index (χ0n) is 18.5. The number of tetrazole rings is 1. The number of carboxylic acid groups (broad SMARTS) is 1. The van der Waals surface area contributed by atoms with Gasteiger partial charge in [-0.05, 0) is 28.1 Å². The molecule has 1 unspecified atom stereocenters. The Labute approximate surface area is 207 Å². The molecule has 11 nitrogen and oxygen atoms in total. The van der Waals surface area contributed by atoms with Crippen LogP contribution in [0.4, 0.5) is 0 Å². The first-order valence-corrected chi connectivity index (χ1v) is 13.2. The molecule has 34 heavy (non-hydrogen) atoms. The predicted octanol–water partition coefficient (Wildman–Crippen LogP) is 1.16. The lowest BCUT2D eigenvalue weighted by Gasteiger charge is -2.55. The lowest BCUT2D eigenvalue weighted by Crippen LogP contribution is -2.79. The number of nitrogens with one attached hydrogen (secondary N) is 1. The number of carboxylic acids is 1. The summed E-state index contributed by atoms with van der Waals surface area (Å²) in [6, 6.07) is 8.95. The number of aryl methyl sites for hydroxylation is 1. The molecule has 0 spiro atoms. The Hall–Kier alpha value is -2.52. The summed E-state index contributed by atoms with van der Waals surface area (Å²) in [6.45, 7) is 1.69. The van der Waals surface area contributed by atoms with Gasteiger partial charge in [-0.3, -0.25) is 9.69 Å². The second kappa shape index (κ2) is 10.00. The summed E-state index contributed by atoms with van der Waals surface area (Å²) in [5.74, 6) is -1.00. The summed E-state index contributed by atoms with van der Waals surface area (Å²) in [5.41, 5.74) is -0.921. The van der Waals surface area contributed by atoms with Crippen molar-refractivity contribution in [3.05, 3.63) is 52.7 Å². The summed E-state index contributed by atoms with van der Waals surface area (Å²) in [7, 11) is 3.08. The first-order valence-electron chi connectivity index (χ1n) is 10.0. The van der Waals surface area contributed by atoms with E-state index < -0.39 is 34.2 Å². The number of nitrogens with zero attached hydrogens (tertiary/aromatic N) is 5. The van der Waals surface area contributed by atoms with Crippen molar-refractivity contribution in [2.75, 3.05) is 18.6 Å². The van der Waals surface area contributed by atoms with Gasteiger partial charge in [0.05, 0.1) is 6.20 Å². The number of ether oxygens (including phenoxy) is 1. The number of fused-ring (bicyclic) bond motifs is 1. The number of amides is 1. The molecule has 1 saturated heterocycles. The Balaban J connectivity index is 1.53. The molecule has 180 valence electrons. The van der Waals surface area contributed by atoms with E-state index >= 15 is 0 Å². The van der Waals surface area contributed by atoms with Gasteiger partial charge in [0.15, 0.2) is 4.90 Å². The number of hydrogen-bond acceptors (Lipinski definition) is 10. The highest BCUT2D eigenvalue weighted by Gasteiger charge is 2.65. The van der Waals surface area contributed by atoms with Crippen LogP contribution in [0.2, 0.25) is 0 Å². The minimum absolute atomic E-state index is 0.0561. The third-order valence-corrected chi connectivity index (χ3v) is 9.20. The van der Waals surface area contributed by atoms with Gasteiger partial charge in [-0.1, -0.05) is 30.0 Å². The maximum absolute atomic E-state index is 13.2. The number of thioether (sulfide) groups is 2. The molecule has 0 bridgehead atoms. The minimum Gasteiger partial charge on any atom is -0.607 e. The monoisotopic (exact) mass is 522 g/mol. The fourth-order valence-electron chi connectivity index (χ4n) is 3.57. The van der Waals surface area contributed by atoms with Crippen LogP contribution in [0, 0.1) is 0 Å². The van der Waals surface area contributed by atoms with Crippen LogP contribution in [-0.2, 0) is 32.5 Å². The van der Waals surface area contributed by atoms with Crippen molar-refractivity contribution >= 4 is 46.6 Å². The van der Waals surface area contributed by atoms with Crippen LogP contribution >= 0.6 is 23.5 Å². The molecule has 0 aliphatic carbocycles. The number of allylic oxidation sites excluding steroid dienone is 1. The molecule has 3 heterocycles. The van der Waals surface area contributed by atoms with Gasteiger partial charge in [0.1, 0.15) is 16.0 Å². The highest BCUT2D eigenvalue weighted by molar-refractivity contribution is 8.01. The van der Waals surface area contributed by atoms with E-state index in [9.17, 15) is 19.2 Å². The van der Waals surface area contributed by atoms with E-state index in [1.807, 2.05) is 6.07 Å². The lowest BCUT2D eigenvalue weighted by molar-refractivity contribution is -0.188. The normalized spacial score (nSPS) is 23.4. The van der Waals surface area contributed by atoms with Gasteiger partial charge >= 0.3 is 5.97 Å². The quantitative estimate of drug-likeness (QED) is 0.212. The summed E-state index contributed by atoms with van der Waals surface area (Å²) < 4.78 is 19.8. The maximum atomic E-state index is 13.2. The Morgan fingerprint density at radius 2 is 2.21 bits per heavy atom. The average molecular weight is 523 g/mol. The van der Waals surface area contributed by atoms with Crippen LogP contribution < -0.4 is 5.32 Å². The Bertz CT molecular complexity index is 1160. The average Bonchev–Trinajstić information content (AvgIpc) is 3.26. The number of benzene rings is 1. The molecule has 2 aromatic rings. The largest absolute Gasteiger partial charge is 0.607 e. The van der Waals surface area contributed by atoms with Crippen LogP contribution in [0.3, 0.4) is 0 Å². The zero-order valence-corrected chi connectivity index (χ0v) is 20.9. The predicted molar refractivity (Wildman–Crippen MR) is 127 cm³/mol. The maximum Gasteiger partial charge on any atom is 0.352 e. The summed E-state index contributed by atoms with van der Waals surface area (Å²) >= 11 is 1.27. The van der Waals surface area contributed by atoms with Crippen LogP contribution in [-0.4, -0.2) is 76.4 Å². The van der Waals surface area contributed by atoms with Crippen molar-refractivity contribution in [3.8, 4) is 0 Å². The number of aromatic nitrogens is 4. The van der Waals surface area contributed by atoms with Gasteiger partial charge in [-0.25, -0.2) is 9.48 Å². The van der Waals surface area contributed by atoms with Crippen LogP contribution in [0.15, 0.2) is 62.8 Å². The van der Waals surface area contributed by atoms with Crippen LogP contribution in [0.1, 0.15) is 6.92 Å². The van der Waals surface area contributed by atoms with Crippen molar-refractivity contribution in [1.29, 1.82) is 0 Å². The van der Waals surface area contributed by atoms with E-state index in [-0.39, 0.29) is 5.70 Å². The zero-order chi connectivity index (χ0) is 24.5. The Morgan fingerprint density at radius 3 is 2.82 bits per heavy atom. The SMILES string of the molecule is CO[C@@]1(NC=C(C)[S+]([O-])c2ccccc2)C(=O)N2C(C(=O)O)=C(CSc3nnnn3C)CS[C@H]21. The van der Waals surface area contributed by atoms with Gasteiger partial charge in [0.25, 0.3) is 5.91 Å². The topological polar surface area (TPSA) is 146 Å². The van der Waals surface area contributed by atoms with E-state index in [0.29, 0.717) is 32.0 Å². The second-order valence-electron chi connectivity index (χ2n) is 7.39. The number of hydrogen-bond donors (Lipinski definition) is 2. The van der Waals surface area contributed by atoms with Gasteiger partial charge in [-0.15, -0.1) is 16.9 Å². The summed E-state index contributed by atoms with van der Waals surface area (Å²) in [6.07, 6.45) is 1.50. The van der Waals surface area contributed by atoms with E-state index in [1.165, 1.54) is 46.4 Å². The van der Waals surface area contributed by atoms with Gasteiger partial charge < -0.3 is 19.7 Å².